The Bertz CT molecular complexity index is 519. The number of aromatic nitrogens is 1. The van der Waals surface area contributed by atoms with Crippen molar-refractivity contribution in [2.75, 3.05) is 40.1 Å². The van der Waals surface area contributed by atoms with E-state index in [9.17, 15) is 4.79 Å². The molecule has 2 saturated heterocycles. The fraction of sp³-hybridized carbons (Fsp3) is 0.667. The molecule has 0 saturated carbocycles. The van der Waals surface area contributed by atoms with Crippen molar-refractivity contribution in [2.24, 2.45) is 5.92 Å². The van der Waals surface area contributed by atoms with Crippen LogP contribution in [0.15, 0.2) is 24.5 Å². The van der Waals surface area contributed by atoms with Crippen LogP contribution in [0.3, 0.4) is 0 Å². The van der Waals surface area contributed by atoms with Crippen LogP contribution in [0, 0.1) is 5.92 Å². The Kier molecular flexibility index (Phi) is 6.18. The second kappa shape index (κ2) is 8.55. The van der Waals surface area contributed by atoms with Crippen molar-refractivity contribution in [3.05, 3.63) is 30.1 Å². The second-order valence-corrected chi connectivity index (χ2v) is 6.41. The minimum absolute atomic E-state index is 0.00247. The van der Waals surface area contributed by atoms with Gasteiger partial charge in [0.15, 0.2) is 0 Å². The third-order valence-electron chi connectivity index (χ3n) is 4.86. The number of likely N-dealkylation sites (tertiary alicyclic amines) is 1. The third kappa shape index (κ3) is 4.12. The standard InChI is InChI=1S/C18H26N2O4/c1-22-10-11-24-17-4-8-20(18(21)15-5-9-23-13-15)16(17)12-14-2-6-19-7-3-14/h2-3,6-7,15-17H,4-5,8-13H2,1H3/t15-,16-,17+/m0/s1. The highest BCUT2D eigenvalue weighted by molar-refractivity contribution is 5.80. The van der Waals surface area contributed by atoms with E-state index in [0.29, 0.717) is 26.4 Å². The SMILES string of the molecule is COCCO[C@@H]1CCN(C(=O)[C@H]2CCOC2)[C@H]1Cc1ccncc1. The van der Waals surface area contributed by atoms with Crippen molar-refractivity contribution >= 4 is 5.91 Å². The maximum Gasteiger partial charge on any atom is 0.228 e. The molecule has 0 unspecified atom stereocenters. The smallest absolute Gasteiger partial charge is 0.228 e. The maximum atomic E-state index is 12.9. The normalized spacial score (nSPS) is 26.9. The van der Waals surface area contributed by atoms with Gasteiger partial charge in [0.05, 0.1) is 37.9 Å². The van der Waals surface area contributed by atoms with Crippen LogP contribution < -0.4 is 0 Å². The molecule has 6 nitrogen and oxygen atoms in total. The number of nitrogens with zero attached hydrogens (tertiary/aromatic N) is 2. The number of rotatable bonds is 7. The molecule has 0 N–H and O–H groups in total. The molecule has 1 amide bonds. The van der Waals surface area contributed by atoms with E-state index >= 15 is 0 Å². The Morgan fingerprint density at radius 1 is 1.33 bits per heavy atom. The van der Waals surface area contributed by atoms with Gasteiger partial charge in [-0.15, -0.1) is 0 Å². The van der Waals surface area contributed by atoms with Crippen molar-refractivity contribution in [3.8, 4) is 0 Å². The number of pyridine rings is 1. The van der Waals surface area contributed by atoms with Gasteiger partial charge in [0.2, 0.25) is 5.91 Å². The number of amides is 1. The van der Waals surface area contributed by atoms with Crippen LogP contribution in [0.5, 0.6) is 0 Å². The molecule has 2 fully saturated rings. The maximum absolute atomic E-state index is 12.9. The average Bonchev–Trinajstić information content (AvgIpc) is 3.26. The van der Waals surface area contributed by atoms with Crippen molar-refractivity contribution in [2.45, 2.75) is 31.4 Å². The number of carbonyl (C=O) groups is 1. The number of methoxy groups -OCH3 is 1. The van der Waals surface area contributed by atoms with E-state index in [1.165, 1.54) is 5.56 Å². The molecule has 1 aromatic rings. The van der Waals surface area contributed by atoms with Crippen LogP contribution in [0.4, 0.5) is 0 Å². The van der Waals surface area contributed by atoms with Gasteiger partial charge in [-0.2, -0.15) is 0 Å². The molecule has 3 rings (SSSR count). The van der Waals surface area contributed by atoms with E-state index in [-0.39, 0.29) is 24.0 Å². The topological polar surface area (TPSA) is 60.9 Å². The van der Waals surface area contributed by atoms with Crippen LogP contribution in [-0.2, 0) is 25.4 Å². The predicted molar refractivity (Wildman–Crippen MR) is 88.6 cm³/mol. The summed E-state index contributed by atoms with van der Waals surface area (Å²) < 4.78 is 16.5. The van der Waals surface area contributed by atoms with Gasteiger partial charge in [-0.1, -0.05) is 0 Å². The Balaban J connectivity index is 1.70. The fourth-order valence-electron chi connectivity index (χ4n) is 3.54. The monoisotopic (exact) mass is 334 g/mol. The largest absolute Gasteiger partial charge is 0.382 e. The molecule has 24 heavy (non-hydrogen) atoms. The highest BCUT2D eigenvalue weighted by atomic mass is 16.5. The Morgan fingerprint density at radius 2 is 2.17 bits per heavy atom. The van der Waals surface area contributed by atoms with E-state index in [2.05, 4.69) is 4.98 Å². The summed E-state index contributed by atoms with van der Waals surface area (Å²) in [6.07, 6.45) is 6.13. The number of ether oxygens (including phenoxy) is 3. The summed E-state index contributed by atoms with van der Waals surface area (Å²) in [5, 5.41) is 0. The van der Waals surface area contributed by atoms with Crippen molar-refractivity contribution in [3.63, 3.8) is 0 Å². The molecule has 0 bridgehead atoms. The first-order valence-corrected chi connectivity index (χ1v) is 8.67. The zero-order valence-corrected chi connectivity index (χ0v) is 14.2. The third-order valence-corrected chi connectivity index (χ3v) is 4.86. The predicted octanol–water partition coefficient (Wildman–Crippen LogP) is 1.29. The molecular weight excluding hydrogens is 308 g/mol. The summed E-state index contributed by atoms with van der Waals surface area (Å²) >= 11 is 0. The number of carbonyl (C=O) groups excluding carboxylic acids is 1. The quantitative estimate of drug-likeness (QED) is 0.703. The Labute approximate surface area is 143 Å². The lowest BCUT2D eigenvalue weighted by Gasteiger charge is -2.30. The summed E-state index contributed by atoms with van der Waals surface area (Å²) in [4.78, 5) is 19.0. The summed E-state index contributed by atoms with van der Waals surface area (Å²) in [6, 6.07) is 4.08. The van der Waals surface area contributed by atoms with Gasteiger partial charge in [0, 0.05) is 32.7 Å². The van der Waals surface area contributed by atoms with Crippen molar-refractivity contribution < 1.29 is 19.0 Å². The van der Waals surface area contributed by atoms with E-state index in [1.54, 1.807) is 19.5 Å². The van der Waals surface area contributed by atoms with Crippen molar-refractivity contribution in [1.82, 2.24) is 9.88 Å². The van der Waals surface area contributed by atoms with Crippen LogP contribution in [-0.4, -0.2) is 68.0 Å². The average molecular weight is 334 g/mol. The molecule has 2 aliphatic heterocycles. The minimum Gasteiger partial charge on any atom is -0.382 e. The molecule has 0 aromatic carbocycles. The summed E-state index contributed by atoms with van der Waals surface area (Å²) in [5.41, 5.74) is 1.18. The van der Waals surface area contributed by atoms with E-state index in [0.717, 1.165) is 25.8 Å². The number of hydrogen-bond donors (Lipinski definition) is 0. The molecule has 132 valence electrons. The van der Waals surface area contributed by atoms with Gasteiger partial charge >= 0.3 is 0 Å². The zero-order chi connectivity index (χ0) is 16.8. The lowest BCUT2D eigenvalue weighted by Crippen LogP contribution is -2.45. The highest BCUT2D eigenvalue weighted by Crippen LogP contribution is 2.28. The van der Waals surface area contributed by atoms with Gasteiger partial charge < -0.3 is 19.1 Å². The van der Waals surface area contributed by atoms with Gasteiger partial charge in [-0.3, -0.25) is 9.78 Å². The first kappa shape index (κ1) is 17.3. The van der Waals surface area contributed by atoms with Crippen molar-refractivity contribution in [1.29, 1.82) is 0 Å². The first-order valence-electron chi connectivity index (χ1n) is 8.67. The van der Waals surface area contributed by atoms with E-state index in [1.807, 2.05) is 17.0 Å². The van der Waals surface area contributed by atoms with Crippen LogP contribution in [0.2, 0.25) is 0 Å². The Hall–Kier alpha value is -1.50. The molecule has 1 aromatic heterocycles. The molecule has 3 atom stereocenters. The van der Waals surface area contributed by atoms with Gasteiger partial charge in [-0.25, -0.2) is 0 Å². The summed E-state index contributed by atoms with van der Waals surface area (Å²) in [6.45, 7) is 3.12. The Morgan fingerprint density at radius 3 is 2.88 bits per heavy atom. The second-order valence-electron chi connectivity index (χ2n) is 6.41. The van der Waals surface area contributed by atoms with E-state index < -0.39 is 0 Å². The molecule has 6 heteroatoms. The van der Waals surface area contributed by atoms with Gasteiger partial charge in [0.1, 0.15) is 0 Å². The molecule has 3 heterocycles. The molecular formula is C18H26N2O4. The zero-order valence-electron chi connectivity index (χ0n) is 14.2. The first-order chi connectivity index (χ1) is 11.8. The van der Waals surface area contributed by atoms with Gasteiger partial charge in [0.25, 0.3) is 0 Å². The van der Waals surface area contributed by atoms with Crippen LogP contribution >= 0.6 is 0 Å². The molecule has 2 aliphatic rings. The fourth-order valence-corrected chi connectivity index (χ4v) is 3.54. The summed E-state index contributed by atoms with van der Waals surface area (Å²) in [7, 11) is 1.67. The highest BCUT2D eigenvalue weighted by Gasteiger charge is 2.40. The molecule has 0 radical (unpaired) electrons. The van der Waals surface area contributed by atoms with Crippen LogP contribution in [0.1, 0.15) is 18.4 Å². The lowest BCUT2D eigenvalue weighted by atomic mass is 10.0. The minimum atomic E-state index is 0.00247. The molecule has 0 spiro atoms. The van der Waals surface area contributed by atoms with Gasteiger partial charge in [-0.05, 0) is 37.0 Å². The summed E-state index contributed by atoms with van der Waals surface area (Å²) in [5.74, 6) is 0.215. The lowest BCUT2D eigenvalue weighted by molar-refractivity contribution is -0.137. The number of hydrogen-bond acceptors (Lipinski definition) is 5. The molecule has 0 aliphatic carbocycles. The van der Waals surface area contributed by atoms with Crippen LogP contribution in [0.25, 0.3) is 0 Å². The van der Waals surface area contributed by atoms with E-state index in [4.69, 9.17) is 14.2 Å².